The van der Waals surface area contributed by atoms with Gasteiger partial charge in [-0.1, -0.05) is 29.8 Å². The zero-order valence-electron chi connectivity index (χ0n) is 13.5. The summed E-state index contributed by atoms with van der Waals surface area (Å²) in [5, 5.41) is 10.5. The molecular weight excluding hydrogens is 360 g/mol. The van der Waals surface area contributed by atoms with Crippen molar-refractivity contribution in [2.45, 2.75) is 18.8 Å². The molecule has 1 heterocycles. The molecular formula is C19H14ClF2N3O. The molecule has 132 valence electrons. The van der Waals surface area contributed by atoms with E-state index in [1.54, 1.807) is 24.3 Å². The number of hydrogen-bond donors (Lipinski definition) is 2. The van der Waals surface area contributed by atoms with Gasteiger partial charge in [-0.25, -0.2) is 8.78 Å². The standard InChI is InChI=1S/C19H14ClF2N3O/c20-12-8-6-11(7-9-12)17-18(16(24-25-17)10-4-5-10)23-19(26)15-13(21)2-1-3-14(15)22/h1-3,6-10H,4-5H2,(H,23,26)(H,24,25). The normalized spacial score (nSPS) is 13.7. The average Bonchev–Trinajstić information content (AvgIpc) is 3.37. The number of nitrogens with one attached hydrogen (secondary N) is 2. The lowest BCUT2D eigenvalue weighted by molar-refractivity contribution is 0.101. The van der Waals surface area contributed by atoms with Gasteiger partial charge in [0.25, 0.3) is 5.91 Å². The van der Waals surface area contributed by atoms with E-state index in [-0.39, 0.29) is 5.92 Å². The fraction of sp³-hybridized carbons (Fsp3) is 0.158. The van der Waals surface area contributed by atoms with Crippen LogP contribution in [-0.4, -0.2) is 16.1 Å². The van der Waals surface area contributed by atoms with Crippen LogP contribution in [-0.2, 0) is 0 Å². The summed E-state index contributed by atoms with van der Waals surface area (Å²) in [5.41, 5.74) is 1.84. The van der Waals surface area contributed by atoms with Crippen LogP contribution in [0.25, 0.3) is 11.3 Å². The first kappa shape index (κ1) is 16.7. The second-order valence-electron chi connectivity index (χ2n) is 6.19. The number of anilines is 1. The number of aromatic amines is 1. The predicted molar refractivity (Wildman–Crippen MR) is 95.3 cm³/mol. The monoisotopic (exact) mass is 373 g/mol. The number of H-pyrrole nitrogens is 1. The molecule has 7 heteroatoms. The van der Waals surface area contributed by atoms with Gasteiger partial charge in [0.1, 0.15) is 22.9 Å². The summed E-state index contributed by atoms with van der Waals surface area (Å²) in [7, 11) is 0. The zero-order valence-corrected chi connectivity index (χ0v) is 14.3. The maximum Gasteiger partial charge on any atom is 0.261 e. The first-order chi connectivity index (χ1) is 12.5. The Kier molecular flexibility index (Phi) is 4.20. The molecule has 1 amide bonds. The van der Waals surface area contributed by atoms with Gasteiger partial charge in [0, 0.05) is 16.5 Å². The van der Waals surface area contributed by atoms with Crippen LogP contribution < -0.4 is 5.32 Å². The number of carbonyl (C=O) groups excluding carboxylic acids is 1. The molecule has 1 saturated carbocycles. The molecule has 0 aliphatic heterocycles. The molecule has 26 heavy (non-hydrogen) atoms. The van der Waals surface area contributed by atoms with Crippen molar-refractivity contribution in [1.29, 1.82) is 0 Å². The minimum Gasteiger partial charge on any atom is -0.318 e. The minimum absolute atomic E-state index is 0.254. The molecule has 1 aliphatic carbocycles. The lowest BCUT2D eigenvalue weighted by atomic mass is 10.1. The minimum atomic E-state index is -0.910. The Labute approximate surface area is 153 Å². The number of halogens is 3. The van der Waals surface area contributed by atoms with Crippen molar-refractivity contribution in [3.63, 3.8) is 0 Å². The molecule has 1 fully saturated rings. The summed E-state index contributed by atoms with van der Waals surface area (Å²) in [5.74, 6) is -2.41. The lowest BCUT2D eigenvalue weighted by Gasteiger charge is -2.10. The number of rotatable bonds is 4. The lowest BCUT2D eigenvalue weighted by Crippen LogP contribution is -2.17. The van der Waals surface area contributed by atoms with E-state index in [2.05, 4.69) is 15.5 Å². The Hall–Kier alpha value is -2.73. The zero-order chi connectivity index (χ0) is 18.3. The third kappa shape index (κ3) is 3.08. The van der Waals surface area contributed by atoms with Gasteiger partial charge in [-0.2, -0.15) is 5.10 Å². The van der Waals surface area contributed by atoms with Crippen LogP contribution in [0.1, 0.15) is 34.8 Å². The van der Waals surface area contributed by atoms with E-state index in [0.29, 0.717) is 16.4 Å². The Balaban J connectivity index is 1.74. The molecule has 0 saturated heterocycles. The third-order valence-electron chi connectivity index (χ3n) is 4.33. The van der Waals surface area contributed by atoms with Crippen molar-refractivity contribution >= 4 is 23.2 Å². The van der Waals surface area contributed by atoms with E-state index in [4.69, 9.17) is 11.6 Å². The van der Waals surface area contributed by atoms with Crippen molar-refractivity contribution < 1.29 is 13.6 Å². The number of nitrogens with zero attached hydrogens (tertiary/aromatic N) is 1. The number of amides is 1. The average molecular weight is 374 g/mol. The summed E-state index contributed by atoms with van der Waals surface area (Å²) in [6.45, 7) is 0. The summed E-state index contributed by atoms with van der Waals surface area (Å²) in [6.07, 6.45) is 1.94. The van der Waals surface area contributed by atoms with Crippen LogP contribution in [0.15, 0.2) is 42.5 Å². The first-order valence-electron chi connectivity index (χ1n) is 8.14. The van der Waals surface area contributed by atoms with Crippen molar-refractivity contribution in [3.05, 3.63) is 70.4 Å². The second-order valence-corrected chi connectivity index (χ2v) is 6.63. The fourth-order valence-electron chi connectivity index (χ4n) is 2.86. The topological polar surface area (TPSA) is 57.8 Å². The quantitative estimate of drug-likeness (QED) is 0.665. The van der Waals surface area contributed by atoms with E-state index < -0.39 is 23.1 Å². The molecule has 2 N–H and O–H groups in total. The van der Waals surface area contributed by atoms with Crippen LogP contribution in [0.5, 0.6) is 0 Å². The molecule has 4 rings (SSSR count). The molecule has 2 aromatic carbocycles. The Morgan fingerprint density at radius 2 is 1.77 bits per heavy atom. The predicted octanol–water partition coefficient (Wildman–Crippen LogP) is 5.14. The highest BCUT2D eigenvalue weighted by Crippen LogP contribution is 2.45. The summed E-state index contributed by atoms with van der Waals surface area (Å²) in [4.78, 5) is 12.5. The molecule has 0 radical (unpaired) electrons. The van der Waals surface area contributed by atoms with E-state index in [1.165, 1.54) is 6.07 Å². The molecule has 0 bridgehead atoms. The van der Waals surface area contributed by atoms with Crippen LogP contribution in [0, 0.1) is 11.6 Å². The van der Waals surface area contributed by atoms with Gasteiger partial charge in [-0.15, -0.1) is 0 Å². The number of benzene rings is 2. The summed E-state index contributed by atoms with van der Waals surface area (Å²) in [6, 6.07) is 10.3. The third-order valence-corrected chi connectivity index (χ3v) is 4.58. The van der Waals surface area contributed by atoms with Gasteiger partial charge in [0.15, 0.2) is 0 Å². The second kappa shape index (κ2) is 6.53. The van der Waals surface area contributed by atoms with Gasteiger partial charge < -0.3 is 5.32 Å². The first-order valence-corrected chi connectivity index (χ1v) is 8.52. The van der Waals surface area contributed by atoms with E-state index in [9.17, 15) is 13.6 Å². The number of aromatic nitrogens is 2. The van der Waals surface area contributed by atoms with Crippen molar-refractivity contribution in [2.75, 3.05) is 5.32 Å². The van der Waals surface area contributed by atoms with E-state index >= 15 is 0 Å². The van der Waals surface area contributed by atoms with Crippen molar-refractivity contribution in [1.82, 2.24) is 10.2 Å². The summed E-state index contributed by atoms with van der Waals surface area (Å²) < 4.78 is 27.9. The van der Waals surface area contributed by atoms with Crippen molar-refractivity contribution in [3.8, 4) is 11.3 Å². The molecule has 0 spiro atoms. The highest BCUT2D eigenvalue weighted by atomic mass is 35.5. The van der Waals surface area contributed by atoms with E-state index in [0.717, 1.165) is 36.2 Å². The fourth-order valence-corrected chi connectivity index (χ4v) is 2.98. The van der Waals surface area contributed by atoms with Gasteiger partial charge in [0.2, 0.25) is 0 Å². The SMILES string of the molecule is O=C(Nc1c(-c2ccc(Cl)cc2)n[nH]c1C1CC1)c1c(F)cccc1F. The van der Waals surface area contributed by atoms with Crippen LogP contribution in [0.4, 0.5) is 14.5 Å². The molecule has 0 unspecified atom stereocenters. The van der Waals surface area contributed by atoms with E-state index in [1.807, 2.05) is 0 Å². The Morgan fingerprint density at radius 1 is 1.12 bits per heavy atom. The molecule has 1 aromatic heterocycles. The maximum atomic E-state index is 13.9. The number of carbonyl (C=O) groups is 1. The number of hydrogen-bond acceptors (Lipinski definition) is 2. The highest BCUT2D eigenvalue weighted by molar-refractivity contribution is 6.30. The summed E-state index contributed by atoms with van der Waals surface area (Å²) >= 11 is 5.92. The Bertz CT molecular complexity index is 961. The van der Waals surface area contributed by atoms with Crippen molar-refractivity contribution in [2.24, 2.45) is 0 Å². The maximum absolute atomic E-state index is 13.9. The van der Waals surface area contributed by atoms with Gasteiger partial charge >= 0.3 is 0 Å². The largest absolute Gasteiger partial charge is 0.318 e. The highest BCUT2D eigenvalue weighted by Gasteiger charge is 2.31. The molecule has 1 aliphatic rings. The smallest absolute Gasteiger partial charge is 0.261 e. The van der Waals surface area contributed by atoms with Crippen LogP contribution >= 0.6 is 11.6 Å². The van der Waals surface area contributed by atoms with Gasteiger partial charge in [0.05, 0.1) is 11.4 Å². The molecule has 0 atom stereocenters. The molecule has 4 nitrogen and oxygen atoms in total. The van der Waals surface area contributed by atoms with Crippen LogP contribution in [0.3, 0.4) is 0 Å². The molecule has 3 aromatic rings. The van der Waals surface area contributed by atoms with Gasteiger partial charge in [-0.05, 0) is 37.1 Å². The van der Waals surface area contributed by atoms with Crippen LogP contribution in [0.2, 0.25) is 5.02 Å². The van der Waals surface area contributed by atoms with Gasteiger partial charge in [-0.3, -0.25) is 9.89 Å². The Morgan fingerprint density at radius 3 is 2.38 bits per heavy atom.